The number of aromatic nitrogens is 3. The van der Waals surface area contributed by atoms with Crippen LogP contribution in [-0.4, -0.2) is 19.6 Å². The molecule has 0 atom stereocenters. The molecule has 4 heteroatoms. The highest BCUT2D eigenvalue weighted by molar-refractivity contribution is 5.98. The molecular formula is C48H57N3O. The average molecular weight is 692 g/mol. The summed E-state index contributed by atoms with van der Waals surface area (Å²) in [6.07, 6.45) is 1.96. The Hall–Kier alpha value is -4.70. The van der Waals surface area contributed by atoms with Gasteiger partial charge in [0, 0.05) is 17.3 Å². The van der Waals surface area contributed by atoms with E-state index in [0.29, 0.717) is 5.56 Å². The van der Waals surface area contributed by atoms with E-state index in [0.717, 1.165) is 44.9 Å². The third-order valence-corrected chi connectivity index (χ3v) is 10.4. The van der Waals surface area contributed by atoms with Crippen LogP contribution in [0.25, 0.3) is 50.5 Å². The molecule has 6 aromatic rings. The molecule has 1 N–H and O–H groups in total. The van der Waals surface area contributed by atoms with Gasteiger partial charge in [0.15, 0.2) is 0 Å². The molecule has 0 aliphatic rings. The van der Waals surface area contributed by atoms with Gasteiger partial charge in [-0.3, -0.25) is 9.55 Å². The van der Waals surface area contributed by atoms with Gasteiger partial charge >= 0.3 is 0 Å². The fraction of sp³-hybridized carbons (Fsp3) is 0.375. The van der Waals surface area contributed by atoms with Crippen LogP contribution in [0.4, 0.5) is 0 Å². The minimum Gasteiger partial charge on any atom is -0.507 e. The number of imidazole rings is 1. The van der Waals surface area contributed by atoms with Crippen LogP contribution in [0.5, 0.6) is 5.75 Å². The molecule has 0 saturated heterocycles. The molecule has 270 valence electrons. The Kier molecular flexibility index (Phi) is 9.53. The van der Waals surface area contributed by atoms with Crippen LogP contribution in [0.1, 0.15) is 130 Å². The van der Waals surface area contributed by atoms with Crippen molar-refractivity contribution in [3.05, 3.63) is 119 Å². The predicted molar refractivity (Wildman–Crippen MR) is 221 cm³/mol. The van der Waals surface area contributed by atoms with Gasteiger partial charge in [0.25, 0.3) is 0 Å². The molecule has 0 unspecified atom stereocenters. The van der Waals surface area contributed by atoms with Crippen LogP contribution < -0.4 is 0 Å². The fourth-order valence-electron chi connectivity index (χ4n) is 7.48. The molecular weight excluding hydrogens is 635 g/mol. The van der Waals surface area contributed by atoms with Crippen LogP contribution >= 0.6 is 0 Å². The number of phenolic OH excluding ortho intramolecular Hbond substituents is 1. The minimum absolute atomic E-state index is 0.00723. The number of para-hydroxylation sites is 3. The molecule has 2 aromatic heterocycles. The summed E-state index contributed by atoms with van der Waals surface area (Å²) in [5.41, 5.74) is 14.2. The number of nitrogens with zero attached hydrogens (tertiary/aromatic N) is 3. The van der Waals surface area contributed by atoms with Gasteiger partial charge < -0.3 is 5.11 Å². The maximum Gasteiger partial charge on any atom is 0.149 e. The van der Waals surface area contributed by atoms with E-state index >= 15 is 0 Å². The summed E-state index contributed by atoms with van der Waals surface area (Å²) in [6.45, 7) is 29.6. The molecule has 0 fully saturated rings. The molecule has 4 aromatic carbocycles. The van der Waals surface area contributed by atoms with E-state index in [9.17, 15) is 5.11 Å². The topological polar surface area (TPSA) is 50.9 Å². The predicted octanol–water partition coefficient (Wildman–Crippen LogP) is 13.3. The SMILES string of the molecule is CC(C)c1cccc(C(C)C)c1-n1c(-c2ccccc2O)nc2c(-c3cc(-c4cc(C(C)(C)C)ccn4)c(C(C)(C)C)cc3C(C)(C)C)cccc21. The van der Waals surface area contributed by atoms with Crippen molar-refractivity contribution in [3.8, 4) is 45.2 Å². The van der Waals surface area contributed by atoms with Crippen molar-refractivity contribution in [2.45, 2.75) is 118 Å². The molecule has 2 heterocycles. The van der Waals surface area contributed by atoms with Gasteiger partial charge in [0.1, 0.15) is 11.6 Å². The van der Waals surface area contributed by atoms with Crippen LogP contribution in [0.15, 0.2) is 91.1 Å². The molecule has 52 heavy (non-hydrogen) atoms. The summed E-state index contributed by atoms with van der Waals surface area (Å²) in [5.74, 6) is 1.51. The number of pyridine rings is 1. The van der Waals surface area contributed by atoms with Crippen molar-refractivity contribution >= 4 is 11.0 Å². The minimum atomic E-state index is -0.158. The zero-order chi connectivity index (χ0) is 37.9. The molecule has 0 aliphatic carbocycles. The molecule has 4 nitrogen and oxygen atoms in total. The first-order chi connectivity index (χ1) is 24.3. The summed E-state index contributed by atoms with van der Waals surface area (Å²) in [4.78, 5) is 10.5. The number of rotatable bonds is 6. The molecule has 0 aliphatic heterocycles. The van der Waals surface area contributed by atoms with Gasteiger partial charge in [-0.05, 0) is 97.9 Å². The van der Waals surface area contributed by atoms with E-state index < -0.39 is 0 Å². The molecule has 0 radical (unpaired) electrons. The molecule has 0 saturated carbocycles. The summed E-state index contributed by atoms with van der Waals surface area (Å²) >= 11 is 0. The van der Waals surface area contributed by atoms with E-state index in [1.165, 1.54) is 27.8 Å². The summed E-state index contributed by atoms with van der Waals surface area (Å²) in [5, 5.41) is 11.3. The standard InChI is InChI=1S/C48H57N3O/c1-29(2)32-19-16-20-33(30(3)4)44(32)51-41-22-17-21-34(43(41)50-45(51)35-18-14-15-23-42(35)52)36-27-37(40-26-31(24-25-49-40)46(5,6)7)39(48(11,12)13)28-38(36)47(8,9)10/h14-30,52H,1-13H3. The second-order valence-corrected chi connectivity index (χ2v) is 18.2. The van der Waals surface area contributed by atoms with Crippen LogP contribution in [0.3, 0.4) is 0 Å². The van der Waals surface area contributed by atoms with Crippen molar-refractivity contribution in [2.24, 2.45) is 0 Å². The maximum absolute atomic E-state index is 11.3. The van der Waals surface area contributed by atoms with Crippen LogP contribution in [-0.2, 0) is 16.2 Å². The maximum atomic E-state index is 11.3. The summed E-state index contributed by atoms with van der Waals surface area (Å²) in [7, 11) is 0. The third-order valence-electron chi connectivity index (χ3n) is 10.4. The molecule has 0 bridgehead atoms. The first kappa shape index (κ1) is 37.1. The lowest BCUT2D eigenvalue weighted by atomic mass is 9.74. The number of benzene rings is 4. The lowest BCUT2D eigenvalue weighted by molar-refractivity contribution is 0.477. The van der Waals surface area contributed by atoms with Gasteiger partial charge in [-0.2, -0.15) is 0 Å². The van der Waals surface area contributed by atoms with Crippen molar-refractivity contribution in [1.82, 2.24) is 14.5 Å². The van der Waals surface area contributed by atoms with Crippen molar-refractivity contribution in [2.75, 3.05) is 0 Å². The Bertz CT molecular complexity index is 2240. The zero-order valence-corrected chi connectivity index (χ0v) is 33.6. The van der Waals surface area contributed by atoms with E-state index in [4.69, 9.17) is 9.97 Å². The van der Waals surface area contributed by atoms with Gasteiger partial charge in [-0.15, -0.1) is 0 Å². The molecule has 0 amide bonds. The number of aromatic hydroxyl groups is 1. The molecule has 6 rings (SSSR count). The van der Waals surface area contributed by atoms with Crippen molar-refractivity contribution in [1.29, 1.82) is 0 Å². The van der Waals surface area contributed by atoms with Crippen molar-refractivity contribution in [3.63, 3.8) is 0 Å². The smallest absolute Gasteiger partial charge is 0.149 e. The van der Waals surface area contributed by atoms with Gasteiger partial charge in [0.05, 0.1) is 28.0 Å². The normalized spacial score (nSPS) is 12.8. The second kappa shape index (κ2) is 13.4. The first-order valence-electron chi connectivity index (χ1n) is 18.9. The van der Waals surface area contributed by atoms with Gasteiger partial charge in [-0.25, -0.2) is 4.98 Å². The largest absolute Gasteiger partial charge is 0.507 e. The quantitative estimate of drug-likeness (QED) is 0.189. The summed E-state index contributed by atoms with van der Waals surface area (Å²) in [6, 6.07) is 30.0. The van der Waals surface area contributed by atoms with Gasteiger partial charge in [-0.1, -0.05) is 139 Å². The Morgan fingerprint density at radius 1 is 0.577 bits per heavy atom. The molecule has 0 spiro atoms. The fourth-order valence-corrected chi connectivity index (χ4v) is 7.48. The van der Waals surface area contributed by atoms with Gasteiger partial charge in [0.2, 0.25) is 0 Å². The third kappa shape index (κ3) is 6.80. The van der Waals surface area contributed by atoms with E-state index in [1.807, 2.05) is 24.4 Å². The summed E-state index contributed by atoms with van der Waals surface area (Å²) < 4.78 is 2.31. The Morgan fingerprint density at radius 2 is 1.15 bits per heavy atom. The van der Waals surface area contributed by atoms with Crippen molar-refractivity contribution < 1.29 is 5.11 Å². The highest BCUT2D eigenvalue weighted by atomic mass is 16.3. The Labute approximate surface area is 312 Å². The highest BCUT2D eigenvalue weighted by Gasteiger charge is 2.30. The van der Waals surface area contributed by atoms with Crippen LogP contribution in [0, 0.1) is 0 Å². The van der Waals surface area contributed by atoms with E-state index in [2.05, 4.69) is 155 Å². The average Bonchev–Trinajstić information content (AvgIpc) is 3.45. The zero-order valence-electron chi connectivity index (χ0n) is 33.6. The highest BCUT2D eigenvalue weighted by Crippen LogP contribution is 2.46. The lowest BCUT2D eigenvalue weighted by Crippen LogP contribution is -2.19. The first-order valence-corrected chi connectivity index (χ1v) is 18.9. The van der Waals surface area contributed by atoms with E-state index in [-0.39, 0.29) is 33.8 Å². The van der Waals surface area contributed by atoms with Crippen LogP contribution in [0.2, 0.25) is 0 Å². The second-order valence-electron chi connectivity index (χ2n) is 18.2. The Morgan fingerprint density at radius 3 is 1.73 bits per heavy atom. The number of hydrogen-bond acceptors (Lipinski definition) is 3. The number of hydrogen-bond donors (Lipinski definition) is 1. The number of fused-ring (bicyclic) bond motifs is 1. The number of phenols is 1. The Balaban J connectivity index is 1.78. The lowest BCUT2D eigenvalue weighted by Gasteiger charge is -2.30. The van der Waals surface area contributed by atoms with E-state index in [1.54, 1.807) is 6.07 Å². The monoisotopic (exact) mass is 691 g/mol.